The van der Waals surface area contributed by atoms with Crippen LogP contribution in [0.3, 0.4) is 0 Å². The summed E-state index contributed by atoms with van der Waals surface area (Å²) in [6.07, 6.45) is 0. The van der Waals surface area contributed by atoms with Crippen molar-refractivity contribution in [1.29, 1.82) is 0 Å². The molecule has 3 aromatic rings. The van der Waals surface area contributed by atoms with Crippen LogP contribution in [0, 0.1) is 6.92 Å². The molecule has 8 heteroatoms. The van der Waals surface area contributed by atoms with Crippen molar-refractivity contribution in [3.8, 4) is 0 Å². The van der Waals surface area contributed by atoms with Gasteiger partial charge in [0.05, 0.1) is 21.7 Å². The number of ether oxygens (including phenoxy) is 1. The molecule has 2 aromatic carbocycles. The second-order valence-corrected chi connectivity index (χ2v) is 9.05. The molecule has 0 aliphatic carbocycles. The van der Waals surface area contributed by atoms with Crippen LogP contribution in [-0.4, -0.2) is 26.7 Å². The number of hydrogen-bond donors (Lipinski definition) is 0. The first-order chi connectivity index (χ1) is 11.9. The first kappa shape index (κ1) is 18.3. The molecule has 0 aliphatic heterocycles. The highest BCUT2D eigenvalue weighted by molar-refractivity contribution is 9.10. The maximum absolute atomic E-state index is 12.7. The van der Waals surface area contributed by atoms with E-state index in [-0.39, 0.29) is 4.90 Å². The lowest BCUT2D eigenvalue weighted by Gasteiger charge is -2.04. The highest BCUT2D eigenvalue weighted by atomic mass is 79.9. The van der Waals surface area contributed by atoms with Crippen LogP contribution >= 0.6 is 27.3 Å². The third-order valence-corrected chi connectivity index (χ3v) is 6.61. The zero-order valence-electron chi connectivity index (χ0n) is 13.8. The van der Waals surface area contributed by atoms with Crippen LogP contribution < -0.4 is 4.80 Å². The van der Waals surface area contributed by atoms with Crippen molar-refractivity contribution in [2.75, 3.05) is 13.7 Å². The number of rotatable bonds is 5. The third-order valence-electron chi connectivity index (χ3n) is 3.68. The SMILES string of the molecule is COCCn1c(=NS(=O)(=O)c2ccc(C)cc2)sc2cc(Br)ccc21. The van der Waals surface area contributed by atoms with Crippen LogP contribution in [0.4, 0.5) is 0 Å². The Morgan fingerprint density at radius 1 is 1.20 bits per heavy atom. The summed E-state index contributed by atoms with van der Waals surface area (Å²) < 4.78 is 38.4. The molecule has 0 saturated carbocycles. The summed E-state index contributed by atoms with van der Waals surface area (Å²) in [6, 6.07) is 12.5. The van der Waals surface area contributed by atoms with E-state index >= 15 is 0 Å². The van der Waals surface area contributed by atoms with Crippen LogP contribution in [0.15, 0.2) is 56.2 Å². The zero-order chi connectivity index (χ0) is 18.0. The number of fused-ring (bicyclic) bond motifs is 1. The maximum atomic E-state index is 12.7. The lowest BCUT2D eigenvalue weighted by Crippen LogP contribution is -2.19. The van der Waals surface area contributed by atoms with Crippen molar-refractivity contribution in [3.05, 3.63) is 57.3 Å². The van der Waals surface area contributed by atoms with Gasteiger partial charge in [-0.25, -0.2) is 0 Å². The Bertz CT molecular complexity index is 1070. The summed E-state index contributed by atoms with van der Waals surface area (Å²) in [5.74, 6) is 0. The number of benzene rings is 2. The van der Waals surface area contributed by atoms with E-state index in [2.05, 4.69) is 20.3 Å². The standard InChI is InChI=1S/C17H17BrN2O3S2/c1-12-3-6-14(7-4-12)25(21,22)19-17-20(9-10-23-2)15-8-5-13(18)11-16(15)24-17/h3-8,11H,9-10H2,1-2H3. The molecular weight excluding hydrogens is 424 g/mol. The number of halogens is 1. The van der Waals surface area contributed by atoms with Crippen molar-refractivity contribution in [1.82, 2.24) is 4.57 Å². The molecule has 0 N–H and O–H groups in total. The fourth-order valence-corrected chi connectivity index (χ4v) is 5.19. The van der Waals surface area contributed by atoms with Gasteiger partial charge in [0.1, 0.15) is 0 Å². The van der Waals surface area contributed by atoms with E-state index in [1.54, 1.807) is 31.4 Å². The van der Waals surface area contributed by atoms with Gasteiger partial charge in [0, 0.05) is 18.1 Å². The molecule has 0 amide bonds. The predicted octanol–water partition coefficient (Wildman–Crippen LogP) is 3.71. The molecule has 0 spiro atoms. The highest BCUT2D eigenvalue weighted by Gasteiger charge is 2.14. The molecule has 0 saturated heterocycles. The quantitative estimate of drug-likeness (QED) is 0.607. The van der Waals surface area contributed by atoms with Crippen molar-refractivity contribution < 1.29 is 13.2 Å². The smallest absolute Gasteiger partial charge is 0.285 e. The normalized spacial score (nSPS) is 12.8. The van der Waals surface area contributed by atoms with Crippen LogP contribution in [0.2, 0.25) is 0 Å². The molecule has 0 atom stereocenters. The van der Waals surface area contributed by atoms with Crippen LogP contribution in [-0.2, 0) is 21.3 Å². The second-order valence-electron chi connectivity index (χ2n) is 5.52. The van der Waals surface area contributed by atoms with Gasteiger partial charge in [0.2, 0.25) is 4.80 Å². The number of hydrogen-bond acceptors (Lipinski definition) is 4. The molecule has 0 bridgehead atoms. The van der Waals surface area contributed by atoms with Gasteiger partial charge in [-0.1, -0.05) is 45.0 Å². The average molecular weight is 441 g/mol. The lowest BCUT2D eigenvalue weighted by atomic mass is 10.2. The molecule has 3 rings (SSSR count). The van der Waals surface area contributed by atoms with E-state index in [1.165, 1.54) is 11.3 Å². The van der Waals surface area contributed by atoms with Gasteiger partial charge in [-0.15, -0.1) is 4.40 Å². The molecule has 0 fully saturated rings. The monoisotopic (exact) mass is 440 g/mol. The van der Waals surface area contributed by atoms with E-state index in [9.17, 15) is 8.42 Å². The molecule has 25 heavy (non-hydrogen) atoms. The zero-order valence-corrected chi connectivity index (χ0v) is 17.0. The summed E-state index contributed by atoms with van der Waals surface area (Å²) >= 11 is 4.79. The number of aryl methyl sites for hydroxylation is 1. The Balaban J connectivity index is 2.18. The number of sulfonamides is 1. The van der Waals surface area contributed by atoms with Gasteiger partial charge >= 0.3 is 0 Å². The number of thiazole rings is 1. The van der Waals surface area contributed by atoms with Gasteiger partial charge in [-0.2, -0.15) is 8.42 Å². The van der Waals surface area contributed by atoms with Crippen LogP contribution in [0.1, 0.15) is 5.56 Å². The van der Waals surface area contributed by atoms with Crippen molar-refractivity contribution >= 4 is 47.5 Å². The summed E-state index contributed by atoms with van der Waals surface area (Å²) in [6.45, 7) is 2.91. The van der Waals surface area contributed by atoms with Gasteiger partial charge in [-0.3, -0.25) is 0 Å². The predicted molar refractivity (Wildman–Crippen MR) is 103 cm³/mol. The molecule has 1 aromatic heterocycles. The van der Waals surface area contributed by atoms with E-state index in [4.69, 9.17) is 4.74 Å². The molecule has 132 valence electrons. The largest absolute Gasteiger partial charge is 0.383 e. The first-order valence-electron chi connectivity index (χ1n) is 7.56. The Hall–Kier alpha value is -1.48. The summed E-state index contributed by atoms with van der Waals surface area (Å²) in [7, 11) is -2.16. The van der Waals surface area contributed by atoms with Crippen LogP contribution in [0.5, 0.6) is 0 Å². The van der Waals surface area contributed by atoms with Gasteiger partial charge < -0.3 is 9.30 Å². The minimum atomic E-state index is -3.77. The Labute approximate surface area is 158 Å². The van der Waals surface area contributed by atoms with Crippen molar-refractivity contribution in [2.45, 2.75) is 18.4 Å². The van der Waals surface area contributed by atoms with Crippen LogP contribution in [0.25, 0.3) is 10.2 Å². The molecule has 1 heterocycles. The third kappa shape index (κ3) is 4.03. The summed E-state index contributed by atoms with van der Waals surface area (Å²) in [5, 5.41) is 0. The molecule has 0 radical (unpaired) electrons. The van der Waals surface area contributed by atoms with Crippen molar-refractivity contribution in [2.24, 2.45) is 4.40 Å². The topological polar surface area (TPSA) is 60.7 Å². The number of aromatic nitrogens is 1. The second kappa shape index (κ2) is 7.41. The van der Waals surface area contributed by atoms with E-state index in [0.29, 0.717) is 18.0 Å². The Morgan fingerprint density at radius 2 is 1.92 bits per heavy atom. The lowest BCUT2D eigenvalue weighted by molar-refractivity contribution is 0.187. The van der Waals surface area contributed by atoms with Gasteiger partial charge in [-0.05, 0) is 37.3 Å². The van der Waals surface area contributed by atoms with E-state index in [0.717, 1.165) is 20.3 Å². The average Bonchev–Trinajstić information content (AvgIpc) is 2.88. The van der Waals surface area contributed by atoms with E-state index < -0.39 is 10.0 Å². The summed E-state index contributed by atoms with van der Waals surface area (Å²) in [5.41, 5.74) is 1.93. The molecule has 5 nitrogen and oxygen atoms in total. The van der Waals surface area contributed by atoms with Gasteiger partial charge in [0.15, 0.2) is 0 Å². The maximum Gasteiger partial charge on any atom is 0.285 e. The molecule has 0 aliphatic rings. The highest BCUT2D eigenvalue weighted by Crippen LogP contribution is 2.23. The van der Waals surface area contributed by atoms with Crippen molar-refractivity contribution in [3.63, 3.8) is 0 Å². The Kier molecular flexibility index (Phi) is 5.43. The molecular formula is C17H17BrN2O3S2. The van der Waals surface area contributed by atoms with E-state index in [1.807, 2.05) is 29.7 Å². The summed E-state index contributed by atoms with van der Waals surface area (Å²) in [4.78, 5) is 0.626. The number of methoxy groups -OCH3 is 1. The fourth-order valence-electron chi connectivity index (χ4n) is 2.38. The first-order valence-corrected chi connectivity index (χ1v) is 10.6. The number of nitrogens with zero attached hydrogens (tertiary/aromatic N) is 2. The Morgan fingerprint density at radius 3 is 2.60 bits per heavy atom. The minimum absolute atomic E-state index is 0.190. The minimum Gasteiger partial charge on any atom is -0.383 e. The molecule has 0 unspecified atom stereocenters. The fraction of sp³-hybridized carbons (Fsp3) is 0.235. The van der Waals surface area contributed by atoms with Gasteiger partial charge in [0.25, 0.3) is 10.0 Å².